The molecule has 0 bridgehead atoms. The summed E-state index contributed by atoms with van der Waals surface area (Å²) < 4.78 is 190. The highest BCUT2D eigenvalue weighted by molar-refractivity contribution is 5.86. The maximum atomic E-state index is 14.1. The molecule has 3 N–H and O–H groups in total. The van der Waals surface area contributed by atoms with Gasteiger partial charge in [0.1, 0.15) is 31.4 Å². The minimum atomic E-state index is -5.06. The lowest BCUT2D eigenvalue weighted by Crippen LogP contribution is -2.65. The molecule has 2 aromatic heterocycles. The van der Waals surface area contributed by atoms with E-state index >= 15 is 0 Å². The van der Waals surface area contributed by atoms with E-state index in [4.69, 9.17) is 18.9 Å². The number of aliphatic hydroxyl groups is 1. The Labute approximate surface area is 545 Å². The highest BCUT2D eigenvalue weighted by atomic mass is 19.4. The van der Waals surface area contributed by atoms with Crippen molar-refractivity contribution in [3.8, 4) is 0 Å². The van der Waals surface area contributed by atoms with Crippen LogP contribution in [-0.2, 0) is 83.8 Å². The van der Waals surface area contributed by atoms with E-state index in [1.54, 1.807) is 121 Å². The average Bonchev–Trinajstić information content (AvgIpc) is 1.55. The Morgan fingerprint density at radius 3 is 1.20 bits per heavy atom. The number of alkyl halides is 12. The first-order valence-corrected chi connectivity index (χ1v) is 30.0. The van der Waals surface area contributed by atoms with Gasteiger partial charge in [0.05, 0.1) is 84.0 Å². The van der Waals surface area contributed by atoms with Gasteiger partial charge in [0.2, 0.25) is 0 Å². The van der Waals surface area contributed by atoms with Crippen LogP contribution in [0.25, 0.3) is 0 Å². The summed E-state index contributed by atoms with van der Waals surface area (Å²) in [6.45, 7) is 1.51. The number of carbonyl (C=O) groups excluding carboxylic acids is 3. The molecule has 0 saturated carbocycles. The van der Waals surface area contributed by atoms with Crippen LogP contribution >= 0.6 is 0 Å². The first kappa shape index (κ1) is 71.7. The van der Waals surface area contributed by atoms with Crippen molar-refractivity contribution in [1.82, 2.24) is 39.3 Å². The summed E-state index contributed by atoms with van der Waals surface area (Å²) in [5.74, 6) is -0.462. The van der Waals surface area contributed by atoms with Gasteiger partial charge < -0.3 is 24.1 Å². The summed E-state index contributed by atoms with van der Waals surface area (Å²) in [4.78, 5) is 69.5. The predicted molar refractivity (Wildman–Crippen MR) is 322 cm³/mol. The number of hydrogen-bond acceptors (Lipinski definition) is 12. The standard InChI is InChI=1S/C34H32F6N4O5.C33H32F6N4O5/c1-22(25-15-27(33(35,36)37)17-28(16-25)34(38,39)40)49-20-32(26-11-7-4-8-12-26)14-13-31(23(2)45,44-21-41-42-29(44)46)19-43(32)30(47)48-18-24-9-5-3-6-10-24;1-22(24-14-26(32(34,35)36)16-27(15-24)33(37,38)39)48-20-31(25-10-6-3-7-11-25)13-12-30(19-44,43-21-40-41-28(43)45)18-42(31)29(46)47-17-23-8-4-2-5-9-23/h3-12,15-17,21-22H,13-14,18-20H2,1-2H3,(H,42,46);2-11,14-16,21-22,44H,12-13,17-20H2,1H3,(H,41,45)/t22-,31+,32-;22-,30+,31-/m11/s1. The van der Waals surface area contributed by atoms with Crippen LogP contribution < -0.4 is 11.4 Å². The fourth-order valence-electron chi connectivity index (χ4n) is 12.1. The van der Waals surface area contributed by atoms with E-state index < -0.39 is 137 Å². The molecule has 516 valence electrons. The van der Waals surface area contributed by atoms with Crippen LogP contribution in [0.1, 0.15) is 114 Å². The van der Waals surface area contributed by atoms with Gasteiger partial charge in [0.15, 0.2) is 5.78 Å². The molecule has 0 unspecified atom stereocenters. The lowest BCUT2D eigenvalue weighted by molar-refractivity contribution is -0.145. The summed E-state index contributed by atoms with van der Waals surface area (Å²) in [6.07, 6.45) is -22.2. The lowest BCUT2D eigenvalue weighted by atomic mass is 9.73. The number of Topliss-reactive ketones (excluding diaryl/α,β-unsaturated/α-hetero) is 1. The molecule has 0 aliphatic carbocycles. The number of piperidine rings is 2. The van der Waals surface area contributed by atoms with Crippen LogP contribution in [0.3, 0.4) is 0 Å². The van der Waals surface area contributed by atoms with Gasteiger partial charge in [0.25, 0.3) is 0 Å². The molecule has 2 aliphatic rings. The van der Waals surface area contributed by atoms with E-state index in [0.29, 0.717) is 46.5 Å². The van der Waals surface area contributed by atoms with E-state index in [0.717, 1.165) is 10.9 Å². The van der Waals surface area contributed by atoms with Crippen molar-refractivity contribution in [2.45, 2.75) is 119 Å². The number of ether oxygens (including phenoxy) is 4. The predicted octanol–water partition coefficient (Wildman–Crippen LogP) is 13.4. The molecule has 4 heterocycles. The Hall–Kier alpha value is -9.55. The second-order valence-corrected chi connectivity index (χ2v) is 23.7. The third-order valence-corrected chi connectivity index (χ3v) is 17.7. The summed E-state index contributed by atoms with van der Waals surface area (Å²) in [5.41, 5.74) is -11.5. The molecule has 6 aromatic carbocycles. The Morgan fingerprint density at radius 2 is 0.856 bits per heavy atom. The number of aromatic amines is 2. The Kier molecular flexibility index (Phi) is 21.2. The SMILES string of the molecule is CC(=O)[C@]1(n2cn[nH]c2=O)CC[C@@](CO[C@H](C)c2cc(C(F)(F)F)cc(C(F)(F)F)c2)(c2ccccc2)N(C(=O)OCc2ccccc2)C1.C[C@@H](OC[C@@]1(c2ccccc2)CC[C@](CO)(n2cn[nH]c2=O)CN1C(=O)OCc1ccccc1)c1cc(C(F)(F)F)cc(C(F)(F)F)c1. The molecule has 2 aliphatic heterocycles. The van der Waals surface area contributed by atoms with Gasteiger partial charge in [-0.3, -0.25) is 23.7 Å². The fraction of sp³-hybridized carbons (Fsp3) is 0.358. The number of hydrogen-bond donors (Lipinski definition) is 3. The van der Waals surface area contributed by atoms with Gasteiger partial charge in [-0.25, -0.2) is 29.4 Å². The first-order valence-electron chi connectivity index (χ1n) is 30.0. The molecule has 18 nitrogen and oxygen atoms in total. The van der Waals surface area contributed by atoms with Crippen molar-refractivity contribution < 1.29 is 91.1 Å². The van der Waals surface area contributed by atoms with Crippen molar-refractivity contribution in [2.75, 3.05) is 32.9 Å². The van der Waals surface area contributed by atoms with Crippen LogP contribution in [0.2, 0.25) is 0 Å². The second-order valence-electron chi connectivity index (χ2n) is 23.7. The zero-order chi connectivity index (χ0) is 70.4. The van der Waals surface area contributed by atoms with E-state index in [1.165, 1.54) is 41.5 Å². The molecular weight excluding hydrogens is 1300 g/mol. The number of likely N-dealkylation sites (tertiary alicyclic amines) is 2. The number of ketones is 1. The van der Waals surface area contributed by atoms with E-state index in [9.17, 15) is 81.8 Å². The zero-order valence-corrected chi connectivity index (χ0v) is 51.9. The Bertz CT molecular complexity index is 4070. The monoisotopic (exact) mass is 1370 g/mol. The largest absolute Gasteiger partial charge is 0.445 e. The number of carbonyl (C=O) groups is 3. The van der Waals surface area contributed by atoms with Crippen LogP contribution in [0, 0.1) is 0 Å². The summed E-state index contributed by atoms with van der Waals surface area (Å²) in [5, 5.41) is 22.7. The van der Waals surface area contributed by atoms with Gasteiger partial charge in [0, 0.05) is 0 Å². The third kappa shape index (κ3) is 15.8. The quantitative estimate of drug-likeness (QED) is 0.0684. The lowest BCUT2D eigenvalue weighted by Gasteiger charge is -2.53. The first-order chi connectivity index (χ1) is 45.7. The van der Waals surface area contributed by atoms with Crippen molar-refractivity contribution in [1.29, 1.82) is 0 Å². The molecule has 10 rings (SSSR count). The molecule has 2 fully saturated rings. The summed E-state index contributed by atoms with van der Waals surface area (Å²) in [7, 11) is 0. The van der Waals surface area contributed by atoms with Crippen LogP contribution in [-0.4, -0.2) is 95.3 Å². The fourth-order valence-corrected chi connectivity index (χ4v) is 12.1. The molecule has 6 atom stereocenters. The smallest absolute Gasteiger partial charge is 0.416 e. The van der Waals surface area contributed by atoms with Gasteiger partial charge in [-0.05, 0) is 116 Å². The number of aromatic nitrogens is 6. The molecular formula is C67H64F12N8O10. The third-order valence-electron chi connectivity index (χ3n) is 17.7. The highest BCUT2D eigenvalue weighted by Gasteiger charge is 2.57. The van der Waals surface area contributed by atoms with E-state index in [1.807, 2.05) is 0 Å². The minimum absolute atomic E-state index is 0.0152. The molecule has 2 saturated heterocycles. The molecule has 2 amide bonds. The second kappa shape index (κ2) is 28.6. The Balaban J connectivity index is 0.000000227. The number of H-pyrrole nitrogens is 2. The number of rotatable bonds is 18. The molecule has 0 spiro atoms. The van der Waals surface area contributed by atoms with Crippen molar-refractivity contribution in [3.63, 3.8) is 0 Å². The number of nitrogens with one attached hydrogen (secondary N) is 2. The van der Waals surface area contributed by atoms with E-state index in [2.05, 4.69) is 20.4 Å². The molecule has 97 heavy (non-hydrogen) atoms. The van der Waals surface area contributed by atoms with Crippen molar-refractivity contribution in [3.05, 3.63) is 247 Å². The van der Waals surface area contributed by atoms with Crippen molar-refractivity contribution >= 4 is 18.0 Å². The van der Waals surface area contributed by atoms with Crippen LogP contribution in [0.15, 0.2) is 180 Å². The molecule has 0 radical (unpaired) electrons. The van der Waals surface area contributed by atoms with Gasteiger partial charge in [-0.2, -0.15) is 62.9 Å². The minimum Gasteiger partial charge on any atom is -0.445 e. The highest BCUT2D eigenvalue weighted by Crippen LogP contribution is 2.48. The maximum absolute atomic E-state index is 14.1. The average molecular weight is 1370 g/mol. The van der Waals surface area contributed by atoms with Crippen LogP contribution in [0.4, 0.5) is 62.3 Å². The number of aliphatic hydroxyl groups excluding tert-OH is 1. The zero-order valence-electron chi connectivity index (χ0n) is 51.9. The topological polar surface area (TPSA) is 216 Å². The summed E-state index contributed by atoms with van der Waals surface area (Å²) >= 11 is 0. The normalized spacial score (nSPS) is 20.7. The number of halogens is 12. The van der Waals surface area contributed by atoms with Crippen molar-refractivity contribution in [2.24, 2.45) is 0 Å². The van der Waals surface area contributed by atoms with E-state index in [-0.39, 0.29) is 68.7 Å². The maximum Gasteiger partial charge on any atom is 0.416 e. The molecule has 30 heteroatoms. The number of nitrogens with zero attached hydrogens (tertiary/aromatic N) is 6. The Morgan fingerprint density at radius 1 is 0.505 bits per heavy atom. The van der Waals surface area contributed by atoms with Gasteiger partial charge in [-0.1, -0.05) is 121 Å². The number of amides is 2. The van der Waals surface area contributed by atoms with Crippen LogP contribution in [0.5, 0.6) is 0 Å². The van der Waals surface area contributed by atoms with Gasteiger partial charge in [-0.15, -0.1) is 0 Å². The van der Waals surface area contributed by atoms with Gasteiger partial charge >= 0.3 is 48.3 Å². The summed E-state index contributed by atoms with van der Waals surface area (Å²) in [6, 6.07) is 37.0. The molecule has 8 aromatic rings. The number of benzene rings is 6.